The highest BCUT2D eigenvalue weighted by atomic mass is 35.5. The molecule has 2 N–H and O–H groups in total. The van der Waals surface area contributed by atoms with Gasteiger partial charge in [-0.25, -0.2) is 0 Å². The van der Waals surface area contributed by atoms with Crippen LogP contribution in [0.3, 0.4) is 0 Å². The first-order valence-corrected chi connectivity index (χ1v) is 7.74. The molecule has 3 nitrogen and oxygen atoms in total. The Morgan fingerprint density at radius 1 is 1.37 bits per heavy atom. The van der Waals surface area contributed by atoms with Gasteiger partial charge in [-0.3, -0.25) is 4.79 Å². The molecule has 0 saturated carbocycles. The fourth-order valence-corrected chi connectivity index (χ4v) is 2.82. The van der Waals surface area contributed by atoms with Gasteiger partial charge in [0.2, 0.25) is 0 Å². The normalized spacial score (nSPS) is 11.4. The van der Waals surface area contributed by atoms with Gasteiger partial charge < -0.3 is 10.4 Å². The summed E-state index contributed by atoms with van der Waals surface area (Å²) in [6, 6.07) is 4.96. The summed E-state index contributed by atoms with van der Waals surface area (Å²) in [5.41, 5.74) is -0.390. The molecule has 0 heterocycles. The highest BCUT2D eigenvalue weighted by Crippen LogP contribution is 2.23. The van der Waals surface area contributed by atoms with Gasteiger partial charge in [0.05, 0.1) is 21.2 Å². The van der Waals surface area contributed by atoms with E-state index in [4.69, 9.17) is 23.2 Å². The average Bonchev–Trinajstić information content (AvgIpc) is 2.26. The number of aliphatic hydroxyl groups is 1. The molecule has 0 saturated heterocycles. The Kier molecular flexibility index (Phi) is 6.47. The Bertz CT molecular complexity index is 427. The van der Waals surface area contributed by atoms with Gasteiger partial charge in [-0.15, -0.1) is 0 Å². The van der Waals surface area contributed by atoms with Crippen LogP contribution in [0.15, 0.2) is 18.2 Å². The molecular weight excluding hydrogens is 305 g/mol. The predicted molar refractivity (Wildman–Crippen MR) is 82.4 cm³/mol. The molecule has 0 aliphatic heterocycles. The zero-order valence-electron chi connectivity index (χ0n) is 10.9. The second kappa shape index (κ2) is 7.39. The van der Waals surface area contributed by atoms with E-state index < -0.39 is 5.60 Å². The summed E-state index contributed by atoms with van der Waals surface area (Å²) in [5.74, 6) is 1.06. The molecule has 1 rings (SSSR count). The van der Waals surface area contributed by atoms with Crippen LogP contribution in [-0.2, 0) is 0 Å². The van der Waals surface area contributed by atoms with Gasteiger partial charge >= 0.3 is 0 Å². The molecule has 0 unspecified atom stereocenters. The van der Waals surface area contributed by atoms with Crippen LogP contribution in [-0.4, -0.2) is 34.7 Å². The number of halogens is 2. The molecule has 0 aliphatic rings. The van der Waals surface area contributed by atoms with Gasteiger partial charge in [-0.05, 0) is 26.0 Å². The van der Waals surface area contributed by atoms with Gasteiger partial charge in [0, 0.05) is 18.1 Å². The zero-order valence-corrected chi connectivity index (χ0v) is 13.2. The highest BCUT2D eigenvalue weighted by molar-refractivity contribution is 7.99. The lowest BCUT2D eigenvalue weighted by Gasteiger charge is -2.16. The van der Waals surface area contributed by atoms with Crippen LogP contribution < -0.4 is 5.32 Å². The number of nitrogens with one attached hydrogen (secondary N) is 1. The van der Waals surface area contributed by atoms with E-state index in [0.29, 0.717) is 27.9 Å². The molecule has 1 aromatic carbocycles. The third kappa shape index (κ3) is 6.04. The summed E-state index contributed by atoms with van der Waals surface area (Å²) in [7, 11) is 0. The van der Waals surface area contributed by atoms with Crippen LogP contribution in [0.25, 0.3) is 0 Å². The molecule has 106 valence electrons. The van der Waals surface area contributed by atoms with Crippen molar-refractivity contribution in [2.75, 3.05) is 18.1 Å². The minimum Gasteiger partial charge on any atom is -0.390 e. The molecule has 0 atom stereocenters. The molecule has 0 aromatic heterocycles. The second-order valence-electron chi connectivity index (χ2n) is 4.72. The van der Waals surface area contributed by atoms with Crippen LogP contribution in [0.2, 0.25) is 10.0 Å². The Morgan fingerprint density at radius 2 is 1.95 bits per heavy atom. The Labute approximate surface area is 127 Å². The first-order chi connectivity index (χ1) is 8.81. The molecule has 6 heteroatoms. The number of amides is 1. The van der Waals surface area contributed by atoms with Gasteiger partial charge in [0.25, 0.3) is 5.91 Å². The van der Waals surface area contributed by atoms with Crippen molar-refractivity contribution in [1.29, 1.82) is 0 Å². The number of hydrogen-bond acceptors (Lipinski definition) is 3. The number of thioether (sulfide) groups is 1. The fourth-order valence-electron chi connectivity index (χ4n) is 1.36. The summed E-state index contributed by atoms with van der Waals surface area (Å²) in [6.45, 7) is 4.01. The van der Waals surface area contributed by atoms with E-state index in [9.17, 15) is 9.90 Å². The lowest BCUT2D eigenvalue weighted by Crippen LogP contribution is -2.27. The van der Waals surface area contributed by atoms with Gasteiger partial charge in [0.1, 0.15) is 0 Å². The minimum atomic E-state index is -0.694. The van der Waals surface area contributed by atoms with E-state index in [0.717, 1.165) is 5.75 Å². The summed E-state index contributed by atoms with van der Waals surface area (Å²) < 4.78 is 0. The average molecular weight is 322 g/mol. The Hall–Kier alpha value is -0.420. The van der Waals surface area contributed by atoms with Crippen LogP contribution in [0, 0.1) is 0 Å². The number of carbonyl (C=O) groups excluding carboxylic acids is 1. The van der Waals surface area contributed by atoms with Crippen molar-refractivity contribution in [2.45, 2.75) is 19.4 Å². The zero-order chi connectivity index (χ0) is 14.5. The van der Waals surface area contributed by atoms with E-state index in [-0.39, 0.29) is 5.91 Å². The Morgan fingerprint density at radius 3 is 2.47 bits per heavy atom. The van der Waals surface area contributed by atoms with Crippen LogP contribution in [0.5, 0.6) is 0 Å². The van der Waals surface area contributed by atoms with Crippen molar-refractivity contribution in [3.63, 3.8) is 0 Å². The van der Waals surface area contributed by atoms with Gasteiger partial charge in [0.15, 0.2) is 0 Å². The molecule has 1 aromatic rings. The van der Waals surface area contributed by atoms with Crippen molar-refractivity contribution in [3.05, 3.63) is 33.8 Å². The second-order valence-corrected chi connectivity index (χ2v) is 6.64. The van der Waals surface area contributed by atoms with Crippen molar-refractivity contribution in [3.8, 4) is 0 Å². The van der Waals surface area contributed by atoms with E-state index in [1.54, 1.807) is 43.8 Å². The fraction of sp³-hybridized carbons (Fsp3) is 0.462. The minimum absolute atomic E-state index is 0.278. The molecule has 0 bridgehead atoms. The van der Waals surface area contributed by atoms with E-state index in [2.05, 4.69) is 5.32 Å². The van der Waals surface area contributed by atoms with Crippen molar-refractivity contribution >= 4 is 40.9 Å². The standard InChI is InChI=1S/C13H17Cl2NO2S/c1-13(2,18)8-19-7-6-16-12(17)11-9(14)4-3-5-10(11)15/h3-5,18H,6-8H2,1-2H3,(H,16,17). The van der Waals surface area contributed by atoms with Crippen LogP contribution >= 0.6 is 35.0 Å². The number of rotatable bonds is 6. The maximum atomic E-state index is 11.9. The SMILES string of the molecule is CC(C)(O)CSCCNC(=O)c1c(Cl)cccc1Cl. The van der Waals surface area contributed by atoms with Crippen molar-refractivity contribution in [1.82, 2.24) is 5.32 Å². The molecule has 0 spiro atoms. The molecular formula is C13H17Cl2NO2S. The van der Waals surface area contributed by atoms with Gasteiger partial charge in [-0.2, -0.15) is 11.8 Å². The summed E-state index contributed by atoms with van der Waals surface area (Å²) in [5, 5.41) is 13.0. The first kappa shape index (κ1) is 16.6. The van der Waals surface area contributed by atoms with Crippen molar-refractivity contribution in [2.24, 2.45) is 0 Å². The maximum Gasteiger partial charge on any atom is 0.254 e. The summed E-state index contributed by atoms with van der Waals surface area (Å²) >= 11 is 13.5. The van der Waals surface area contributed by atoms with Crippen LogP contribution in [0.4, 0.5) is 0 Å². The number of benzene rings is 1. The monoisotopic (exact) mass is 321 g/mol. The molecule has 19 heavy (non-hydrogen) atoms. The first-order valence-electron chi connectivity index (χ1n) is 5.83. The third-order valence-corrected chi connectivity index (χ3v) is 4.21. The Balaban J connectivity index is 2.40. The maximum absolute atomic E-state index is 11.9. The van der Waals surface area contributed by atoms with Crippen LogP contribution in [0.1, 0.15) is 24.2 Å². The summed E-state index contributed by atoms with van der Waals surface area (Å²) in [6.07, 6.45) is 0. The van der Waals surface area contributed by atoms with Gasteiger partial charge in [-0.1, -0.05) is 29.3 Å². The molecule has 0 radical (unpaired) electrons. The summed E-state index contributed by atoms with van der Waals surface area (Å²) in [4.78, 5) is 11.9. The molecule has 0 aliphatic carbocycles. The molecule has 0 fully saturated rings. The largest absolute Gasteiger partial charge is 0.390 e. The van der Waals surface area contributed by atoms with E-state index in [1.165, 1.54) is 0 Å². The number of hydrogen-bond donors (Lipinski definition) is 2. The highest BCUT2D eigenvalue weighted by Gasteiger charge is 2.14. The molecule has 1 amide bonds. The van der Waals surface area contributed by atoms with E-state index >= 15 is 0 Å². The quantitative estimate of drug-likeness (QED) is 0.791. The number of carbonyl (C=O) groups is 1. The van der Waals surface area contributed by atoms with E-state index in [1.807, 2.05) is 0 Å². The smallest absolute Gasteiger partial charge is 0.254 e. The predicted octanol–water partition coefficient (Wildman–Crippen LogP) is 3.23. The lowest BCUT2D eigenvalue weighted by atomic mass is 10.2. The van der Waals surface area contributed by atoms with Crippen molar-refractivity contribution < 1.29 is 9.90 Å². The lowest BCUT2D eigenvalue weighted by molar-refractivity contribution is 0.0956. The topological polar surface area (TPSA) is 49.3 Å². The third-order valence-electron chi connectivity index (χ3n) is 2.18.